The summed E-state index contributed by atoms with van der Waals surface area (Å²) < 4.78 is 13.2. The van der Waals surface area contributed by atoms with Crippen molar-refractivity contribution in [1.29, 1.82) is 0 Å². The lowest BCUT2D eigenvalue weighted by molar-refractivity contribution is -0.0134. The van der Waals surface area contributed by atoms with Crippen molar-refractivity contribution in [2.45, 2.75) is 51.2 Å². The van der Waals surface area contributed by atoms with Crippen LogP contribution in [0.4, 0.5) is 4.39 Å². The highest BCUT2D eigenvalue weighted by Crippen LogP contribution is 2.32. The SMILES string of the molecule is CC1CCCC(O)(CNC(C)c2cccc(F)c2)C1. The van der Waals surface area contributed by atoms with E-state index >= 15 is 0 Å². The number of nitrogens with one attached hydrogen (secondary N) is 1. The van der Waals surface area contributed by atoms with E-state index in [-0.39, 0.29) is 11.9 Å². The van der Waals surface area contributed by atoms with Crippen LogP contribution >= 0.6 is 0 Å². The van der Waals surface area contributed by atoms with Crippen molar-refractivity contribution in [3.05, 3.63) is 35.6 Å². The Morgan fingerprint density at radius 1 is 1.53 bits per heavy atom. The highest BCUT2D eigenvalue weighted by Gasteiger charge is 2.32. The first-order chi connectivity index (χ1) is 8.98. The minimum Gasteiger partial charge on any atom is -0.389 e. The molecular weight excluding hydrogens is 241 g/mol. The lowest BCUT2D eigenvalue weighted by Gasteiger charge is -2.36. The van der Waals surface area contributed by atoms with Gasteiger partial charge in [0.15, 0.2) is 0 Å². The molecule has 3 heteroatoms. The van der Waals surface area contributed by atoms with E-state index in [4.69, 9.17) is 0 Å². The molecule has 1 aliphatic rings. The van der Waals surface area contributed by atoms with Crippen LogP contribution in [0.2, 0.25) is 0 Å². The molecule has 2 N–H and O–H groups in total. The van der Waals surface area contributed by atoms with Gasteiger partial charge in [0, 0.05) is 12.6 Å². The van der Waals surface area contributed by atoms with Gasteiger partial charge in [0.05, 0.1) is 5.60 Å². The van der Waals surface area contributed by atoms with Crippen LogP contribution in [0.5, 0.6) is 0 Å². The Kier molecular flexibility index (Phi) is 4.58. The van der Waals surface area contributed by atoms with E-state index < -0.39 is 5.60 Å². The van der Waals surface area contributed by atoms with Crippen LogP contribution in [0.25, 0.3) is 0 Å². The highest BCUT2D eigenvalue weighted by atomic mass is 19.1. The topological polar surface area (TPSA) is 32.3 Å². The van der Waals surface area contributed by atoms with E-state index in [9.17, 15) is 9.50 Å². The minimum atomic E-state index is -0.598. The Hall–Kier alpha value is -0.930. The van der Waals surface area contributed by atoms with Crippen LogP contribution in [0.15, 0.2) is 24.3 Å². The average Bonchev–Trinajstić information content (AvgIpc) is 2.36. The summed E-state index contributed by atoms with van der Waals surface area (Å²) >= 11 is 0. The van der Waals surface area contributed by atoms with Crippen LogP contribution < -0.4 is 5.32 Å². The molecule has 19 heavy (non-hydrogen) atoms. The van der Waals surface area contributed by atoms with Gasteiger partial charge in [-0.25, -0.2) is 4.39 Å². The second kappa shape index (κ2) is 6.02. The summed E-state index contributed by atoms with van der Waals surface area (Å²) in [5, 5.41) is 13.9. The Morgan fingerprint density at radius 2 is 2.32 bits per heavy atom. The highest BCUT2D eigenvalue weighted by molar-refractivity contribution is 5.19. The van der Waals surface area contributed by atoms with Crippen LogP contribution in [0.3, 0.4) is 0 Å². The van der Waals surface area contributed by atoms with Gasteiger partial charge < -0.3 is 10.4 Å². The third-order valence-electron chi connectivity index (χ3n) is 4.15. The second-order valence-corrected chi connectivity index (χ2v) is 6.08. The summed E-state index contributed by atoms with van der Waals surface area (Å²) in [6.45, 7) is 4.78. The van der Waals surface area contributed by atoms with Gasteiger partial charge in [-0.1, -0.05) is 31.9 Å². The Labute approximate surface area is 115 Å². The number of rotatable bonds is 4. The van der Waals surface area contributed by atoms with Crippen molar-refractivity contribution in [3.8, 4) is 0 Å². The summed E-state index contributed by atoms with van der Waals surface area (Å²) in [7, 11) is 0. The molecule has 0 saturated heterocycles. The third kappa shape index (κ3) is 4.02. The molecule has 3 atom stereocenters. The first kappa shape index (κ1) is 14.5. The van der Waals surface area contributed by atoms with Gasteiger partial charge in [-0.05, 0) is 43.4 Å². The molecule has 2 nitrogen and oxygen atoms in total. The molecule has 106 valence electrons. The molecule has 1 fully saturated rings. The van der Waals surface area contributed by atoms with Crippen molar-refractivity contribution in [2.24, 2.45) is 5.92 Å². The van der Waals surface area contributed by atoms with Gasteiger partial charge in [0.2, 0.25) is 0 Å². The maximum atomic E-state index is 13.2. The van der Waals surface area contributed by atoms with E-state index in [0.717, 1.165) is 24.8 Å². The smallest absolute Gasteiger partial charge is 0.123 e. The molecule has 1 aromatic carbocycles. The summed E-state index contributed by atoms with van der Waals surface area (Å²) in [5.74, 6) is 0.376. The third-order valence-corrected chi connectivity index (χ3v) is 4.15. The van der Waals surface area contributed by atoms with Gasteiger partial charge >= 0.3 is 0 Å². The number of hydrogen-bond acceptors (Lipinski definition) is 2. The monoisotopic (exact) mass is 265 g/mol. The zero-order valence-corrected chi connectivity index (χ0v) is 11.8. The average molecular weight is 265 g/mol. The van der Waals surface area contributed by atoms with Crippen molar-refractivity contribution in [2.75, 3.05) is 6.54 Å². The van der Waals surface area contributed by atoms with Gasteiger partial charge in [-0.2, -0.15) is 0 Å². The van der Waals surface area contributed by atoms with E-state index in [1.807, 2.05) is 13.0 Å². The molecule has 3 unspecified atom stereocenters. The van der Waals surface area contributed by atoms with Gasteiger partial charge in [0.25, 0.3) is 0 Å². The number of halogens is 1. The number of aliphatic hydroxyl groups is 1. The van der Waals surface area contributed by atoms with Crippen LogP contribution in [0.1, 0.15) is 51.1 Å². The molecule has 0 aliphatic heterocycles. The maximum Gasteiger partial charge on any atom is 0.123 e. The molecule has 0 radical (unpaired) electrons. The molecule has 0 amide bonds. The van der Waals surface area contributed by atoms with Gasteiger partial charge in [-0.15, -0.1) is 0 Å². The van der Waals surface area contributed by atoms with Crippen molar-refractivity contribution < 1.29 is 9.50 Å². The lowest BCUT2D eigenvalue weighted by Crippen LogP contribution is -2.44. The fraction of sp³-hybridized carbons (Fsp3) is 0.625. The first-order valence-corrected chi connectivity index (χ1v) is 7.20. The van der Waals surface area contributed by atoms with Crippen LogP contribution in [0, 0.1) is 11.7 Å². The van der Waals surface area contributed by atoms with Crippen molar-refractivity contribution in [3.63, 3.8) is 0 Å². The fourth-order valence-electron chi connectivity index (χ4n) is 3.03. The molecule has 1 aromatic rings. The van der Waals surface area contributed by atoms with Crippen molar-refractivity contribution >= 4 is 0 Å². The quantitative estimate of drug-likeness (QED) is 0.874. The van der Waals surface area contributed by atoms with E-state index in [1.165, 1.54) is 12.5 Å². The molecule has 0 bridgehead atoms. The zero-order valence-electron chi connectivity index (χ0n) is 11.8. The largest absolute Gasteiger partial charge is 0.389 e. The van der Waals surface area contributed by atoms with E-state index in [1.54, 1.807) is 12.1 Å². The Balaban J connectivity index is 1.91. The van der Waals surface area contributed by atoms with Crippen LogP contribution in [-0.2, 0) is 0 Å². The fourth-order valence-corrected chi connectivity index (χ4v) is 3.03. The number of hydrogen-bond donors (Lipinski definition) is 2. The summed E-state index contributed by atoms with van der Waals surface area (Å²) in [5.41, 5.74) is 0.326. The van der Waals surface area contributed by atoms with E-state index in [0.29, 0.717) is 12.5 Å². The Morgan fingerprint density at radius 3 is 3.00 bits per heavy atom. The van der Waals surface area contributed by atoms with E-state index in [2.05, 4.69) is 12.2 Å². The maximum absolute atomic E-state index is 13.2. The molecule has 0 aromatic heterocycles. The lowest BCUT2D eigenvalue weighted by atomic mass is 9.79. The molecule has 1 aliphatic carbocycles. The summed E-state index contributed by atoms with van der Waals surface area (Å²) in [4.78, 5) is 0. The molecule has 0 heterocycles. The van der Waals surface area contributed by atoms with Gasteiger partial charge in [0.1, 0.15) is 5.82 Å². The zero-order chi connectivity index (χ0) is 13.9. The first-order valence-electron chi connectivity index (χ1n) is 7.20. The normalized spacial score (nSPS) is 29.2. The Bertz CT molecular complexity index is 423. The van der Waals surface area contributed by atoms with Crippen LogP contribution in [-0.4, -0.2) is 17.3 Å². The summed E-state index contributed by atoms with van der Waals surface area (Å²) in [6, 6.07) is 6.68. The molecule has 2 rings (SSSR count). The minimum absolute atomic E-state index is 0.0527. The van der Waals surface area contributed by atoms with Crippen molar-refractivity contribution in [1.82, 2.24) is 5.32 Å². The summed E-state index contributed by atoms with van der Waals surface area (Å²) in [6.07, 6.45) is 4.02. The molecular formula is C16H24FNO. The standard InChI is InChI=1S/C16H24FNO/c1-12-5-4-8-16(19,10-12)11-18-13(2)14-6-3-7-15(17)9-14/h3,6-7,9,12-13,18-19H,4-5,8,10-11H2,1-2H3. The predicted octanol–water partition coefficient (Wildman–Crippen LogP) is 3.42. The second-order valence-electron chi connectivity index (χ2n) is 6.08. The predicted molar refractivity (Wildman–Crippen MR) is 75.4 cm³/mol. The molecule has 1 saturated carbocycles. The molecule has 0 spiro atoms. The number of benzene rings is 1. The van der Waals surface area contributed by atoms with Gasteiger partial charge in [-0.3, -0.25) is 0 Å².